The molecule has 0 aliphatic carbocycles. The number of carboxylic acid groups (broad SMARTS) is 1. The van der Waals surface area contributed by atoms with E-state index in [1.807, 2.05) is 31.2 Å². The molecule has 2 atom stereocenters. The average molecular weight is 343 g/mol. The Morgan fingerprint density at radius 3 is 2.35 bits per heavy atom. The van der Waals surface area contributed by atoms with Crippen LogP contribution in [0, 0.1) is 0 Å². The van der Waals surface area contributed by atoms with E-state index in [9.17, 15) is 9.59 Å². The van der Waals surface area contributed by atoms with Crippen LogP contribution in [0.4, 0.5) is 0 Å². The summed E-state index contributed by atoms with van der Waals surface area (Å²) in [6, 6.07) is 6.87. The Labute approximate surface area is 127 Å². The van der Waals surface area contributed by atoms with E-state index in [1.165, 1.54) is 4.90 Å². The van der Waals surface area contributed by atoms with Gasteiger partial charge in [-0.15, -0.1) is 0 Å². The number of nitrogens with one attached hydrogen (secondary N) is 1. The first kappa shape index (κ1) is 16.7. The van der Waals surface area contributed by atoms with Crippen molar-refractivity contribution in [2.75, 3.05) is 13.6 Å². The standard InChI is InChI=1S/C14H19BrN2O3/c1-9(11-4-6-12(15)7-5-11)16-13(18)8-17(3)10(2)14(19)20/h4-7,9-10H,8H2,1-3H3,(H,16,18)(H,19,20). The molecule has 1 rings (SSSR count). The molecule has 2 N–H and O–H groups in total. The largest absolute Gasteiger partial charge is 0.480 e. The number of rotatable bonds is 6. The van der Waals surface area contributed by atoms with Gasteiger partial charge in [-0.25, -0.2) is 0 Å². The highest BCUT2D eigenvalue weighted by Gasteiger charge is 2.19. The molecule has 0 fully saturated rings. The van der Waals surface area contributed by atoms with E-state index >= 15 is 0 Å². The number of amides is 1. The Bertz CT molecular complexity index is 476. The fourth-order valence-corrected chi connectivity index (χ4v) is 1.94. The number of carboxylic acids is 1. The monoisotopic (exact) mass is 342 g/mol. The fourth-order valence-electron chi connectivity index (χ4n) is 1.67. The first-order valence-electron chi connectivity index (χ1n) is 6.29. The molecule has 0 aliphatic heterocycles. The molecule has 1 aromatic rings. The summed E-state index contributed by atoms with van der Waals surface area (Å²) < 4.78 is 0.981. The lowest BCUT2D eigenvalue weighted by Crippen LogP contribution is -2.43. The second kappa shape index (κ2) is 7.40. The molecular weight excluding hydrogens is 324 g/mol. The van der Waals surface area contributed by atoms with Crippen LogP contribution in [0.2, 0.25) is 0 Å². The van der Waals surface area contributed by atoms with Gasteiger partial charge in [0, 0.05) is 4.47 Å². The summed E-state index contributed by atoms with van der Waals surface area (Å²) in [5, 5.41) is 11.7. The van der Waals surface area contributed by atoms with Crippen LogP contribution >= 0.6 is 15.9 Å². The zero-order valence-electron chi connectivity index (χ0n) is 11.8. The minimum absolute atomic E-state index is 0.0499. The highest BCUT2D eigenvalue weighted by atomic mass is 79.9. The summed E-state index contributed by atoms with van der Waals surface area (Å²) in [7, 11) is 1.61. The second-order valence-electron chi connectivity index (χ2n) is 4.77. The minimum Gasteiger partial charge on any atom is -0.480 e. The lowest BCUT2D eigenvalue weighted by molar-refractivity contribution is -0.142. The van der Waals surface area contributed by atoms with Gasteiger partial charge in [0.25, 0.3) is 0 Å². The van der Waals surface area contributed by atoms with E-state index in [0.717, 1.165) is 10.0 Å². The number of carbonyl (C=O) groups is 2. The van der Waals surface area contributed by atoms with E-state index < -0.39 is 12.0 Å². The average Bonchev–Trinajstić information content (AvgIpc) is 2.37. The number of nitrogens with zero attached hydrogens (tertiary/aromatic N) is 1. The maximum atomic E-state index is 11.9. The smallest absolute Gasteiger partial charge is 0.320 e. The van der Waals surface area contributed by atoms with Gasteiger partial charge in [-0.05, 0) is 38.6 Å². The molecule has 0 heterocycles. The number of likely N-dealkylation sites (N-methyl/N-ethyl adjacent to an activating group) is 1. The SMILES string of the molecule is CC(NC(=O)CN(C)C(C)C(=O)O)c1ccc(Br)cc1. The number of hydrogen-bond acceptors (Lipinski definition) is 3. The van der Waals surface area contributed by atoms with Crippen molar-refractivity contribution in [1.82, 2.24) is 10.2 Å². The molecule has 20 heavy (non-hydrogen) atoms. The van der Waals surface area contributed by atoms with Gasteiger partial charge in [0.2, 0.25) is 5.91 Å². The summed E-state index contributed by atoms with van der Waals surface area (Å²) in [6.45, 7) is 3.49. The fraction of sp³-hybridized carbons (Fsp3) is 0.429. The van der Waals surface area contributed by atoms with Gasteiger partial charge in [-0.3, -0.25) is 14.5 Å². The second-order valence-corrected chi connectivity index (χ2v) is 5.69. The van der Waals surface area contributed by atoms with E-state index in [2.05, 4.69) is 21.2 Å². The maximum Gasteiger partial charge on any atom is 0.320 e. The van der Waals surface area contributed by atoms with Gasteiger partial charge in [0.05, 0.1) is 12.6 Å². The molecule has 2 unspecified atom stereocenters. The van der Waals surface area contributed by atoms with Crippen molar-refractivity contribution >= 4 is 27.8 Å². The van der Waals surface area contributed by atoms with Crippen molar-refractivity contribution in [2.45, 2.75) is 25.9 Å². The quantitative estimate of drug-likeness (QED) is 0.829. The topological polar surface area (TPSA) is 69.6 Å². The van der Waals surface area contributed by atoms with Gasteiger partial charge in [0.15, 0.2) is 0 Å². The van der Waals surface area contributed by atoms with Crippen molar-refractivity contribution in [1.29, 1.82) is 0 Å². The first-order valence-corrected chi connectivity index (χ1v) is 7.08. The van der Waals surface area contributed by atoms with Gasteiger partial charge in [0.1, 0.15) is 6.04 Å². The summed E-state index contributed by atoms with van der Waals surface area (Å²) in [5.41, 5.74) is 0.996. The Kier molecular flexibility index (Phi) is 6.16. The van der Waals surface area contributed by atoms with Crippen LogP contribution in [-0.2, 0) is 9.59 Å². The normalized spacial score (nSPS) is 13.8. The molecule has 6 heteroatoms. The van der Waals surface area contributed by atoms with Crippen molar-refractivity contribution in [3.8, 4) is 0 Å². The van der Waals surface area contributed by atoms with Crippen molar-refractivity contribution in [3.05, 3.63) is 34.3 Å². The number of halogens is 1. The van der Waals surface area contributed by atoms with E-state index in [0.29, 0.717) is 0 Å². The highest BCUT2D eigenvalue weighted by molar-refractivity contribution is 9.10. The number of hydrogen-bond donors (Lipinski definition) is 2. The summed E-state index contributed by atoms with van der Waals surface area (Å²) in [6.07, 6.45) is 0. The van der Waals surface area contributed by atoms with Crippen molar-refractivity contribution in [2.24, 2.45) is 0 Å². The number of aliphatic carboxylic acids is 1. The number of carbonyl (C=O) groups excluding carboxylic acids is 1. The third kappa shape index (κ3) is 4.94. The van der Waals surface area contributed by atoms with Crippen LogP contribution in [0.1, 0.15) is 25.5 Å². The Morgan fingerprint density at radius 2 is 1.85 bits per heavy atom. The minimum atomic E-state index is -0.943. The molecule has 0 aromatic heterocycles. The Hall–Kier alpha value is -1.40. The molecule has 1 amide bonds. The molecule has 0 spiro atoms. The van der Waals surface area contributed by atoms with Gasteiger partial charge in [-0.1, -0.05) is 28.1 Å². The molecule has 0 aliphatic rings. The van der Waals surface area contributed by atoms with Crippen LogP contribution in [0.25, 0.3) is 0 Å². The van der Waals surface area contributed by atoms with Crippen LogP contribution < -0.4 is 5.32 Å². The van der Waals surface area contributed by atoms with Crippen molar-refractivity contribution < 1.29 is 14.7 Å². The summed E-state index contributed by atoms with van der Waals surface area (Å²) in [4.78, 5) is 24.2. The van der Waals surface area contributed by atoms with Gasteiger partial charge >= 0.3 is 5.97 Å². The third-order valence-electron chi connectivity index (χ3n) is 3.16. The van der Waals surface area contributed by atoms with Crippen LogP contribution in [-0.4, -0.2) is 41.5 Å². The van der Waals surface area contributed by atoms with Crippen molar-refractivity contribution in [3.63, 3.8) is 0 Å². The summed E-state index contributed by atoms with van der Waals surface area (Å²) in [5.74, 6) is -1.14. The van der Waals surface area contributed by atoms with Crippen LogP contribution in [0.5, 0.6) is 0 Å². The van der Waals surface area contributed by atoms with Gasteiger partial charge in [-0.2, -0.15) is 0 Å². The maximum absolute atomic E-state index is 11.9. The molecule has 5 nitrogen and oxygen atoms in total. The van der Waals surface area contributed by atoms with Gasteiger partial charge < -0.3 is 10.4 Å². The predicted octanol–water partition coefficient (Wildman–Crippen LogP) is 2.03. The first-order chi connectivity index (χ1) is 9.31. The molecule has 0 saturated carbocycles. The Balaban J connectivity index is 2.53. The summed E-state index contributed by atoms with van der Waals surface area (Å²) >= 11 is 3.36. The molecule has 1 aromatic carbocycles. The highest BCUT2D eigenvalue weighted by Crippen LogP contribution is 2.16. The molecule has 110 valence electrons. The molecule has 0 saturated heterocycles. The van der Waals surface area contributed by atoms with Crippen LogP contribution in [0.3, 0.4) is 0 Å². The third-order valence-corrected chi connectivity index (χ3v) is 3.69. The van der Waals surface area contributed by atoms with E-state index in [1.54, 1.807) is 14.0 Å². The van der Waals surface area contributed by atoms with E-state index in [-0.39, 0.29) is 18.5 Å². The molecule has 0 bridgehead atoms. The molecular formula is C14H19BrN2O3. The lowest BCUT2D eigenvalue weighted by Gasteiger charge is -2.22. The van der Waals surface area contributed by atoms with E-state index in [4.69, 9.17) is 5.11 Å². The Morgan fingerprint density at radius 1 is 1.30 bits per heavy atom. The van der Waals surface area contributed by atoms with Crippen LogP contribution in [0.15, 0.2) is 28.7 Å². The number of benzene rings is 1. The lowest BCUT2D eigenvalue weighted by atomic mass is 10.1. The molecule has 0 radical (unpaired) electrons. The predicted molar refractivity (Wildman–Crippen MR) is 80.4 cm³/mol. The zero-order valence-corrected chi connectivity index (χ0v) is 13.3. The zero-order chi connectivity index (χ0) is 15.3.